The van der Waals surface area contributed by atoms with E-state index in [0.29, 0.717) is 18.5 Å². The van der Waals surface area contributed by atoms with E-state index in [0.717, 1.165) is 0 Å². The van der Waals surface area contributed by atoms with E-state index in [9.17, 15) is 17.6 Å². The molecule has 29 heavy (non-hydrogen) atoms. The van der Waals surface area contributed by atoms with Crippen molar-refractivity contribution < 1.29 is 22.3 Å². The molecule has 3 rings (SSSR count). The fourth-order valence-electron chi connectivity index (χ4n) is 3.17. The normalized spacial score (nSPS) is 15.9. The number of halogens is 3. The van der Waals surface area contributed by atoms with Crippen LogP contribution in [0.2, 0.25) is 10.0 Å². The third-order valence-electron chi connectivity index (χ3n) is 4.76. The van der Waals surface area contributed by atoms with E-state index in [1.165, 1.54) is 41.7 Å². The minimum Gasteiger partial charge on any atom is -0.495 e. The standard InChI is InChI=1S/C19H19Cl2FN2O4S/c1-28-17-5-2-13(20)10-18(17)29(26,27)24-8-6-12(7-9-24)19(25)23-14-3-4-16(22)15(21)11-14/h2-5,10-12H,6-9H2,1H3,(H,23,25). The molecule has 0 bridgehead atoms. The van der Waals surface area contributed by atoms with E-state index in [2.05, 4.69) is 5.32 Å². The summed E-state index contributed by atoms with van der Waals surface area (Å²) in [6.45, 7) is 0.362. The van der Waals surface area contributed by atoms with Crippen molar-refractivity contribution in [2.75, 3.05) is 25.5 Å². The van der Waals surface area contributed by atoms with Crippen LogP contribution < -0.4 is 10.1 Å². The Morgan fingerprint density at radius 2 is 1.86 bits per heavy atom. The SMILES string of the molecule is COc1ccc(Cl)cc1S(=O)(=O)N1CCC(C(=O)Nc2ccc(F)c(Cl)c2)CC1. The summed E-state index contributed by atoms with van der Waals surface area (Å²) in [6, 6.07) is 8.34. The summed E-state index contributed by atoms with van der Waals surface area (Å²) >= 11 is 11.7. The average Bonchev–Trinajstić information content (AvgIpc) is 2.70. The lowest BCUT2D eigenvalue weighted by Gasteiger charge is -2.31. The largest absolute Gasteiger partial charge is 0.495 e. The first kappa shape index (κ1) is 21.8. The predicted molar refractivity (Wildman–Crippen MR) is 110 cm³/mol. The summed E-state index contributed by atoms with van der Waals surface area (Å²) < 4.78 is 45.7. The van der Waals surface area contributed by atoms with Gasteiger partial charge in [-0.25, -0.2) is 12.8 Å². The lowest BCUT2D eigenvalue weighted by molar-refractivity contribution is -0.120. The maximum absolute atomic E-state index is 13.2. The number of benzene rings is 2. The Morgan fingerprint density at radius 1 is 1.17 bits per heavy atom. The molecule has 1 fully saturated rings. The van der Waals surface area contributed by atoms with E-state index < -0.39 is 15.8 Å². The zero-order valence-electron chi connectivity index (χ0n) is 15.5. The highest BCUT2D eigenvalue weighted by atomic mass is 35.5. The van der Waals surface area contributed by atoms with Crippen molar-refractivity contribution in [3.05, 3.63) is 52.3 Å². The Morgan fingerprint density at radius 3 is 2.48 bits per heavy atom. The van der Waals surface area contributed by atoms with Crippen LogP contribution in [0.3, 0.4) is 0 Å². The molecule has 1 aliphatic rings. The van der Waals surface area contributed by atoms with Crippen molar-refractivity contribution in [2.24, 2.45) is 5.92 Å². The summed E-state index contributed by atoms with van der Waals surface area (Å²) in [7, 11) is -2.42. The van der Waals surface area contributed by atoms with E-state index in [1.807, 2.05) is 0 Å². The topological polar surface area (TPSA) is 75.7 Å². The number of carbonyl (C=O) groups excluding carboxylic acids is 1. The van der Waals surface area contributed by atoms with Gasteiger partial charge in [0.15, 0.2) is 0 Å². The van der Waals surface area contributed by atoms with Gasteiger partial charge in [0.25, 0.3) is 0 Å². The number of hydrogen-bond donors (Lipinski definition) is 1. The number of carbonyl (C=O) groups is 1. The van der Waals surface area contributed by atoms with E-state index >= 15 is 0 Å². The molecule has 1 heterocycles. The Kier molecular flexibility index (Phi) is 6.68. The first-order chi connectivity index (χ1) is 13.7. The molecule has 0 spiro atoms. The summed E-state index contributed by atoms with van der Waals surface area (Å²) in [5, 5.41) is 2.90. The summed E-state index contributed by atoms with van der Waals surface area (Å²) in [6.07, 6.45) is 0.700. The second-order valence-corrected chi connectivity index (χ2v) is 9.34. The van der Waals surface area contributed by atoms with Gasteiger partial charge in [-0.05, 0) is 49.2 Å². The Balaban J connectivity index is 1.67. The molecule has 0 saturated carbocycles. The highest BCUT2D eigenvalue weighted by Crippen LogP contribution is 2.32. The van der Waals surface area contributed by atoms with Crippen LogP contribution in [-0.4, -0.2) is 38.8 Å². The van der Waals surface area contributed by atoms with Crippen LogP contribution >= 0.6 is 23.2 Å². The number of nitrogens with zero attached hydrogens (tertiary/aromatic N) is 1. The third-order valence-corrected chi connectivity index (χ3v) is 7.20. The maximum atomic E-state index is 13.2. The second kappa shape index (κ2) is 8.87. The lowest BCUT2D eigenvalue weighted by Crippen LogP contribution is -2.41. The zero-order chi connectivity index (χ0) is 21.2. The highest BCUT2D eigenvalue weighted by Gasteiger charge is 2.34. The van der Waals surface area contributed by atoms with Crippen molar-refractivity contribution in [1.82, 2.24) is 4.31 Å². The number of methoxy groups -OCH3 is 1. The van der Waals surface area contributed by atoms with Crippen molar-refractivity contribution in [1.29, 1.82) is 0 Å². The van der Waals surface area contributed by atoms with Gasteiger partial charge in [0, 0.05) is 29.7 Å². The number of anilines is 1. The van der Waals surface area contributed by atoms with Crippen LogP contribution in [0.1, 0.15) is 12.8 Å². The van der Waals surface area contributed by atoms with E-state index in [4.69, 9.17) is 27.9 Å². The molecule has 0 aromatic heterocycles. The molecule has 10 heteroatoms. The second-order valence-electron chi connectivity index (χ2n) is 6.59. The molecular weight excluding hydrogens is 442 g/mol. The predicted octanol–water partition coefficient (Wildman–Crippen LogP) is 4.18. The molecule has 6 nitrogen and oxygen atoms in total. The maximum Gasteiger partial charge on any atom is 0.246 e. The quantitative estimate of drug-likeness (QED) is 0.725. The molecule has 0 atom stereocenters. The molecule has 0 unspecified atom stereocenters. The monoisotopic (exact) mass is 460 g/mol. The zero-order valence-corrected chi connectivity index (χ0v) is 17.8. The van der Waals surface area contributed by atoms with Crippen molar-refractivity contribution in [2.45, 2.75) is 17.7 Å². The molecule has 1 aliphatic heterocycles. The average molecular weight is 461 g/mol. The third kappa shape index (κ3) is 4.83. The molecule has 0 aliphatic carbocycles. The van der Waals surface area contributed by atoms with Gasteiger partial charge in [0.05, 0.1) is 12.1 Å². The molecule has 156 valence electrons. The van der Waals surface area contributed by atoms with Crippen LogP contribution in [0.5, 0.6) is 5.75 Å². The van der Waals surface area contributed by atoms with Gasteiger partial charge < -0.3 is 10.1 Å². The Bertz CT molecular complexity index is 1020. The van der Waals surface area contributed by atoms with Crippen molar-refractivity contribution in [3.63, 3.8) is 0 Å². The summed E-state index contributed by atoms with van der Waals surface area (Å²) in [5.41, 5.74) is 0.389. The molecule has 2 aromatic rings. The van der Waals surface area contributed by atoms with Gasteiger partial charge in [0.2, 0.25) is 15.9 Å². The summed E-state index contributed by atoms with van der Waals surface area (Å²) in [4.78, 5) is 12.5. The highest BCUT2D eigenvalue weighted by molar-refractivity contribution is 7.89. The number of sulfonamides is 1. The van der Waals surface area contributed by atoms with Crippen LogP contribution in [-0.2, 0) is 14.8 Å². The smallest absolute Gasteiger partial charge is 0.246 e. The molecule has 2 aromatic carbocycles. The number of hydrogen-bond acceptors (Lipinski definition) is 4. The fraction of sp³-hybridized carbons (Fsp3) is 0.316. The van der Waals surface area contributed by atoms with Crippen LogP contribution in [0, 0.1) is 11.7 Å². The van der Waals surface area contributed by atoms with Gasteiger partial charge in [0.1, 0.15) is 16.5 Å². The fourth-order valence-corrected chi connectivity index (χ4v) is 5.24. The van der Waals surface area contributed by atoms with Gasteiger partial charge in [-0.3, -0.25) is 4.79 Å². The van der Waals surface area contributed by atoms with Crippen molar-refractivity contribution in [3.8, 4) is 5.75 Å². The number of rotatable bonds is 5. The van der Waals surface area contributed by atoms with Gasteiger partial charge in [-0.1, -0.05) is 23.2 Å². The van der Waals surface area contributed by atoms with Crippen LogP contribution in [0.4, 0.5) is 10.1 Å². The minimum absolute atomic E-state index is 0.00337. The van der Waals surface area contributed by atoms with Gasteiger partial charge in [-0.2, -0.15) is 4.31 Å². The molecular formula is C19H19Cl2FN2O4S. The van der Waals surface area contributed by atoms with Crippen LogP contribution in [0.15, 0.2) is 41.3 Å². The van der Waals surface area contributed by atoms with Gasteiger partial charge in [-0.15, -0.1) is 0 Å². The molecule has 1 amide bonds. The number of nitrogens with one attached hydrogen (secondary N) is 1. The Hall–Kier alpha value is -1.87. The first-order valence-corrected chi connectivity index (χ1v) is 11.0. The number of amides is 1. The minimum atomic E-state index is -3.81. The first-order valence-electron chi connectivity index (χ1n) is 8.82. The van der Waals surface area contributed by atoms with E-state index in [1.54, 1.807) is 6.07 Å². The number of ether oxygens (including phenoxy) is 1. The van der Waals surface area contributed by atoms with Crippen LogP contribution in [0.25, 0.3) is 0 Å². The van der Waals surface area contributed by atoms with Gasteiger partial charge >= 0.3 is 0 Å². The molecule has 0 radical (unpaired) electrons. The molecule has 1 saturated heterocycles. The van der Waals surface area contributed by atoms with Crippen molar-refractivity contribution >= 4 is 44.8 Å². The Labute approximate surface area is 178 Å². The summed E-state index contributed by atoms with van der Waals surface area (Å²) in [5.74, 6) is -0.987. The lowest BCUT2D eigenvalue weighted by atomic mass is 9.97. The molecule has 1 N–H and O–H groups in total. The van der Waals surface area contributed by atoms with E-state index in [-0.39, 0.29) is 45.6 Å². The number of piperidine rings is 1.